The zero-order valence-electron chi connectivity index (χ0n) is 9.28. The van der Waals surface area contributed by atoms with E-state index in [0.717, 1.165) is 11.5 Å². The molecule has 0 saturated heterocycles. The molecule has 3 heteroatoms. The maximum atomic E-state index is 4.33. The first kappa shape index (κ1) is 9.77. The van der Waals surface area contributed by atoms with Crippen molar-refractivity contribution in [2.45, 2.75) is 6.92 Å². The van der Waals surface area contributed by atoms with Gasteiger partial charge in [-0.3, -0.25) is 4.68 Å². The molecule has 78 valence electrons. The molecule has 0 radical (unpaired) electrons. The molecule has 0 aliphatic heterocycles. The summed E-state index contributed by atoms with van der Waals surface area (Å²) in [7, 11) is 3.83. The number of nitrogens with one attached hydrogen (secondary N) is 1. The van der Waals surface area contributed by atoms with Gasteiger partial charge in [-0.2, -0.15) is 5.10 Å². The van der Waals surface area contributed by atoms with Crippen LogP contribution in [0, 0.1) is 6.92 Å². The molecule has 0 aliphatic carbocycles. The van der Waals surface area contributed by atoms with E-state index in [1.54, 1.807) is 0 Å². The Kier molecular flexibility index (Phi) is 2.46. The molecule has 1 N–H and O–H groups in total. The smallest absolute Gasteiger partial charge is 0.148 e. The van der Waals surface area contributed by atoms with Gasteiger partial charge in [0.1, 0.15) is 5.82 Å². The first-order chi connectivity index (χ1) is 7.20. The van der Waals surface area contributed by atoms with Crippen molar-refractivity contribution in [1.29, 1.82) is 0 Å². The van der Waals surface area contributed by atoms with Crippen molar-refractivity contribution in [2.75, 3.05) is 12.4 Å². The Balaban J connectivity index is 2.44. The first-order valence-electron chi connectivity index (χ1n) is 4.99. The van der Waals surface area contributed by atoms with Crippen molar-refractivity contribution in [3.8, 4) is 11.3 Å². The fourth-order valence-corrected chi connectivity index (χ4v) is 1.58. The molecule has 2 rings (SSSR count). The van der Waals surface area contributed by atoms with E-state index in [2.05, 4.69) is 41.6 Å². The van der Waals surface area contributed by atoms with Crippen LogP contribution in [-0.4, -0.2) is 16.8 Å². The van der Waals surface area contributed by atoms with Crippen molar-refractivity contribution < 1.29 is 0 Å². The number of benzene rings is 1. The topological polar surface area (TPSA) is 29.9 Å². The maximum absolute atomic E-state index is 4.33. The van der Waals surface area contributed by atoms with Crippen LogP contribution >= 0.6 is 0 Å². The molecule has 0 atom stereocenters. The average molecular weight is 201 g/mol. The Labute approximate surface area is 89.7 Å². The fourth-order valence-electron chi connectivity index (χ4n) is 1.58. The summed E-state index contributed by atoms with van der Waals surface area (Å²) in [6.45, 7) is 2.09. The highest BCUT2D eigenvalue weighted by Crippen LogP contribution is 2.21. The summed E-state index contributed by atoms with van der Waals surface area (Å²) >= 11 is 0. The van der Waals surface area contributed by atoms with Gasteiger partial charge in [0.15, 0.2) is 0 Å². The van der Waals surface area contributed by atoms with Crippen molar-refractivity contribution >= 4 is 5.82 Å². The number of nitrogens with zero attached hydrogens (tertiary/aromatic N) is 2. The zero-order valence-corrected chi connectivity index (χ0v) is 9.28. The summed E-state index contributed by atoms with van der Waals surface area (Å²) in [6.07, 6.45) is 0. The van der Waals surface area contributed by atoms with Crippen LogP contribution in [0.15, 0.2) is 30.3 Å². The molecule has 0 fully saturated rings. The van der Waals surface area contributed by atoms with E-state index in [-0.39, 0.29) is 0 Å². The third-order valence-electron chi connectivity index (χ3n) is 2.48. The molecular weight excluding hydrogens is 186 g/mol. The van der Waals surface area contributed by atoms with Gasteiger partial charge in [-0.25, -0.2) is 0 Å². The Bertz CT molecular complexity index is 454. The normalized spacial score (nSPS) is 10.3. The number of hydrogen-bond acceptors (Lipinski definition) is 2. The minimum atomic E-state index is 0.896. The van der Waals surface area contributed by atoms with Gasteiger partial charge in [-0.15, -0.1) is 0 Å². The van der Waals surface area contributed by atoms with Crippen LogP contribution in [0.2, 0.25) is 0 Å². The minimum absolute atomic E-state index is 0.896. The summed E-state index contributed by atoms with van der Waals surface area (Å²) in [5, 5.41) is 7.37. The standard InChI is InChI=1S/C12H15N3/c1-9-4-6-10(7-5-9)11-8-12(13-2)14-15(11)3/h4-8H,1-3H3,(H,13,14). The summed E-state index contributed by atoms with van der Waals surface area (Å²) in [6, 6.07) is 10.5. The van der Waals surface area contributed by atoms with Crippen LogP contribution in [0.3, 0.4) is 0 Å². The third-order valence-corrected chi connectivity index (χ3v) is 2.48. The van der Waals surface area contributed by atoms with E-state index < -0.39 is 0 Å². The molecule has 0 unspecified atom stereocenters. The second-order valence-electron chi connectivity index (χ2n) is 3.65. The van der Waals surface area contributed by atoms with Gasteiger partial charge in [-0.1, -0.05) is 29.8 Å². The van der Waals surface area contributed by atoms with E-state index in [0.29, 0.717) is 0 Å². The van der Waals surface area contributed by atoms with Crippen molar-refractivity contribution in [3.05, 3.63) is 35.9 Å². The lowest BCUT2D eigenvalue weighted by Gasteiger charge is -2.01. The molecule has 15 heavy (non-hydrogen) atoms. The lowest BCUT2D eigenvalue weighted by atomic mass is 10.1. The molecule has 3 nitrogen and oxygen atoms in total. The molecule has 1 heterocycles. The summed E-state index contributed by atoms with van der Waals surface area (Å²) in [5.41, 5.74) is 3.59. The summed E-state index contributed by atoms with van der Waals surface area (Å²) in [5.74, 6) is 0.896. The summed E-state index contributed by atoms with van der Waals surface area (Å²) < 4.78 is 1.89. The molecule has 0 amide bonds. The number of hydrogen-bond donors (Lipinski definition) is 1. The van der Waals surface area contributed by atoms with E-state index in [9.17, 15) is 0 Å². The van der Waals surface area contributed by atoms with Crippen LogP contribution in [0.1, 0.15) is 5.56 Å². The Morgan fingerprint density at radius 3 is 2.40 bits per heavy atom. The first-order valence-corrected chi connectivity index (χ1v) is 4.99. The molecule has 0 bridgehead atoms. The molecule has 0 spiro atoms. The van der Waals surface area contributed by atoms with Crippen LogP contribution < -0.4 is 5.32 Å². The minimum Gasteiger partial charge on any atom is -0.372 e. The predicted octanol–water partition coefficient (Wildman–Crippen LogP) is 2.44. The second-order valence-corrected chi connectivity index (χ2v) is 3.65. The lowest BCUT2D eigenvalue weighted by Crippen LogP contribution is -1.94. The van der Waals surface area contributed by atoms with Gasteiger partial charge in [0.25, 0.3) is 0 Å². The Morgan fingerprint density at radius 2 is 1.87 bits per heavy atom. The van der Waals surface area contributed by atoms with Crippen LogP contribution in [-0.2, 0) is 7.05 Å². The monoisotopic (exact) mass is 201 g/mol. The average Bonchev–Trinajstić information content (AvgIpc) is 2.61. The quantitative estimate of drug-likeness (QED) is 0.808. The highest BCUT2D eigenvalue weighted by molar-refractivity contribution is 5.63. The number of aromatic nitrogens is 2. The van der Waals surface area contributed by atoms with Gasteiger partial charge >= 0.3 is 0 Å². The largest absolute Gasteiger partial charge is 0.372 e. The molecule has 0 saturated carbocycles. The fraction of sp³-hybridized carbons (Fsp3) is 0.250. The van der Waals surface area contributed by atoms with E-state index in [1.807, 2.05) is 24.8 Å². The maximum Gasteiger partial charge on any atom is 0.148 e. The predicted molar refractivity (Wildman–Crippen MR) is 62.9 cm³/mol. The second kappa shape index (κ2) is 3.77. The van der Waals surface area contributed by atoms with E-state index >= 15 is 0 Å². The summed E-state index contributed by atoms with van der Waals surface area (Å²) in [4.78, 5) is 0. The Hall–Kier alpha value is -1.77. The molecular formula is C12H15N3. The van der Waals surface area contributed by atoms with Crippen LogP contribution in [0.4, 0.5) is 5.82 Å². The van der Waals surface area contributed by atoms with Gasteiger partial charge in [0.05, 0.1) is 5.69 Å². The highest BCUT2D eigenvalue weighted by Gasteiger charge is 2.05. The van der Waals surface area contributed by atoms with Gasteiger partial charge in [0.2, 0.25) is 0 Å². The highest BCUT2D eigenvalue weighted by atomic mass is 15.3. The van der Waals surface area contributed by atoms with Gasteiger partial charge < -0.3 is 5.32 Å². The Morgan fingerprint density at radius 1 is 1.20 bits per heavy atom. The van der Waals surface area contributed by atoms with Crippen molar-refractivity contribution in [3.63, 3.8) is 0 Å². The number of rotatable bonds is 2. The van der Waals surface area contributed by atoms with Gasteiger partial charge in [0, 0.05) is 20.2 Å². The SMILES string of the molecule is CNc1cc(-c2ccc(C)cc2)n(C)n1. The molecule has 1 aromatic carbocycles. The van der Waals surface area contributed by atoms with Crippen molar-refractivity contribution in [2.24, 2.45) is 7.05 Å². The lowest BCUT2D eigenvalue weighted by molar-refractivity contribution is 0.778. The van der Waals surface area contributed by atoms with Gasteiger partial charge in [-0.05, 0) is 12.5 Å². The van der Waals surface area contributed by atoms with E-state index in [1.165, 1.54) is 11.1 Å². The molecule has 2 aromatic rings. The van der Waals surface area contributed by atoms with Crippen LogP contribution in [0.5, 0.6) is 0 Å². The van der Waals surface area contributed by atoms with E-state index in [4.69, 9.17) is 0 Å². The zero-order chi connectivity index (χ0) is 10.8. The van der Waals surface area contributed by atoms with Crippen LogP contribution in [0.25, 0.3) is 11.3 Å². The van der Waals surface area contributed by atoms with Crippen molar-refractivity contribution in [1.82, 2.24) is 9.78 Å². The number of aryl methyl sites for hydroxylation is 2. The molecule has 0 aliphatic rings. The number of anilines is 1. The third kappa shape index (κ3) is 1.86. The molecule has 1 aromatic heterocycles.